The largest absolute Gasteiger partial charge is 0.299 e. The van der Waals surface area contributed by atoms with Gasteiger partial charge in [-0.3, -0.25) is 4.90 Å². The quantitative estimate of drug-likeness (QED) is 0.794. The molecule has 0 bridgehead atoms. The van der Waals surface area contributed by atoms with Crippen LogP contribution in [0, 0.1) is 11.3 Å². The SMILES string of the molecule is N#CCc1ccccc1CN1CCCCCC1. The van der Waals surface area contributed by atoms with Crippen LogP contribution in [0.3, 0.4) is 0 Å². The van der Waals surface area contributed by atoms with Gasteiger partial charge in [-0.1, -0.05) is 37.1 Å². The number of rotatable bonds is 3. The van der Waals surface area contributed by atoms with Crippen LogP contribution in [0.5, 0.6) is 0 Å². The maximum absolute atomic E-state index is 8.83. The molecule has 1 aromatic rings. The van der Waals surface area contributed by atoms with Crippen molar-refractivity contribution in [3.05, 3.63) is 35.4 Å². The van der Waals surface area contributed by atoms with E-state index in [1.807, 2.05) is 6.07 Å². The Labute approximate surface area is 104 Å². The van der Waals surface area contributed by atoms with Gasteiger partial charge in [-0.2, -0.15) is 5.26 Å². The van der Waals surface area contributed by atoms with Crippen LogP contribution in [0.4, 0.5) is 0 Å². The van der Waals surface area contributed by atoms with Crippen molar-refractivity contribution in [1.29, 1.82) is 5.26 Å². The van der Waals surface area contributed by atoms with Crippen molar-refractivity contribution in [3.8, 4) is 6.07 Å². The van der Waals surface area contributed by atoms with Gasteiger partial charge in [0.25, 0.3) is 0 Å². The van der Waals surface area contributed by atoms with Crippen LogP contribution in [0.1, 0.15) is 36.8 Å². The molecular weight excluding hydrogens is 208 g/mol. The third-order valence-corrected chi connectivity index (χ3v) is 3.48. The van der Waals surface area contributed by atoms with Crippen molar-refractivity contribution in [2.45, 2.75) is 38.6 Å². The van der Waals surface area contributed by atoms with Gasteiger partial charge in [0.2, 0.25) is 0 Å². The lowest BCUT2D eigenvalue weighted by atomic mass is 10.0. The van der Waals surface area contributed by atoms with Crippen LogP contribution < -0.4 is 0 Å². The molecule has 1 fully saturated rings. The Bertz CT molecular complexity index is 384. The van der Waals surface area contributed by atoms with Crippen LogP contribution in [0.15, 0.2) is 24.3 Å². The molecule has 1 aromatic carbocycles. The predicted molar refractivity (Wildman–Crippen MR) is 69.5 cm³/mol. The lowest BCUT2D eigenvalue weighted by Gasteiger charge is -2.21. The first-order valence-corrected chi connectivity index (χ1v) is 6.56. The van der Waals surface area contributed by atoms with Crippen molar-refractivity contribution < 1.29 is 0 Å². The Morgan fingerprint density at radius 1 is 1.00 bits per heavy atom. The van der Waals surface area contributed by atoms with Crippen molar-refractivity contribution in [3.63, 3.8) is 0 Å². The minimum atomic E-state index is 0.532. The smallest absolute Gasteiger partial charge is 0.0669 e. The summed E-state index contributed by atoms with van der Waals surface area (Å²) in [5, 5.41) is 8.83. The molecule has 0 radical (unpaired) electrons. The van der Waals surface area contributed by atoms with Gasteiger partial charge in [0, 0.05) is 6.54 Å². The highest BCUT2D eigenvalue weighted by atomic mass is 15.1. The van der Waals surface area contributed by atoms with E-state index in [1.165, 1.54) is 49.9 Å². The highest BCUT2D eigenvalue weighted by Gasteiger charge is 2.11. The van der Waals surface area contributed by atoms with E-state index in [1.54, 1.807) is 0 Å². The molecule has 0 N–H and O–H groups in total. The standard InChI is InChI=1S/C15H20N2/c16-10-9-14-7-3-4-8-15(14)13-17-11-5-1-2-6-12-17/h3-4,7-8H,1-2,5-6,9,11-13H2. The molecule has 0 unspecified atom stereocenters. The molecule has 2 heteroatoms. The lowest BCUT2D eigenvalue weighted by Crippen LogP contribution is -2.24. The monoisotopic (exact) mass is 228 g/mol. The summed E-state index contributed by atoms with van der Waals surface area (Å²) in [5.74, 6) is 0. The Morgan fingerprint density at radius 2 is 1.65 bits per heavy atom. The molecule has 0 atom stereocenters. The number of nitriles is 1. The van der Waals surface area contributed by atoms with E-state index < -0.39 is 0 Å². The van der Waals surface area contributed by atoms with E-state index in [0.717, 1.165) is 6.54 Å². The number of hydrogen-bond acceptors (Lipinski definition) is 2. The van der Waals surface area contributed by atoms with E-state index in [0.29, 0.717) is 6.42 Å². The molecule has 1 heterocycles. The molecule has 17 heavy (non-hydrogen) atoms. The Hall–Kier alpha value is -1.33. The molecule has 0 saturated carbocycles. The third kappa shape index (κ3) is 3.57. The van der Waals surface area contributed by atoms with Gasteiger partial charge >= 0.3 is 0 Å². The van der Waals surface area contributed by atoms with Crippen LogP contribution in [-0.2, 0) is 13.0 Å². The zero-order valence-electron chi connectivity index (χ0n) is 10.4. The van der Waals surface area contributed by atoms with Gasteiger partial charge in [0.05, 0.1) is 12.5 Å². The summed E-state index contributed by atoms with van der Waals surface area (Å²) in [4.78, 5) is 2.53. The summed E-state index contributed by atoms with van der Waals surface area (Å²) in [6.45, 7) is 3.43. The van der Waals surface area contributed by atoms with E-state index in [4.69, 9.17) is 5.26 Å². The summed E-state index contributed by atoms with van der Waals surface area (Å²) >= 11 is 0. The number of likely N-dealkylation sites (tertiary alicyclic amines) is 1. The molecule has 0 spiro atoms. The molecule has 2 nitrogen and oxygen atoms in total. The molecule has 1 aliphatic rings. The molecule has 90 valence electrons. The van der Waals surface area contributed by atoms with E-state index in [9.17, 15) is 0 Å². The van der Waals surface area contributed by atoms with E-state index in [-0.39, 0.29) is 0 Å². The zero-order valence-corrected chi connectivity index (χ0v) is 10.4. The topological polar surface area (TPSA) is 27.0 Å². The van der Waals surface area contributed by atoms with Gasteiger partial charge in [-0.15, -0.1) is 0 Å². The second-order valence-electron chi connectivity index (χ2n) is 4.79. The average molecular weight is 228 g/mol. The van der Waals surface area contributed by atoms with Crippen molar-refractivity contribution >= 4 is 0 Å². The normalized spacial score (nSPS) is 17.4. The Balaban J connectivity index is 2.04. The molecular formula is C15H20N2. The maximum Gasteiger partial charge on any atom is 0.0669 e. The summed E-state index contributed by atoms with van der Waals surface area (Å²) in [6, 6.07) is 10.6. The van der Waals surface area contributed by atoms with E-state index >= 15 is 0 Å². The Morgan fingerprint density at radius 3 is 2.29 bits per heavy atom. The number of benzene rings is 1. The first kappa shape index (κ1) is 12.1. The first-order chi connectivity index (χ1) is 8.40. The second kappa shape index (κ2) is 6.42. The van der Waals surface area contributed by atoms with Gasteiger partial charge in [0.15, 0.2) is 0 Å². The number of nitrogens with zero attached hydrogens (tertiary/aromatic N) is 2. The van der Waals surface area contributed by atoms with E-state index in [2.05, 4.69) is 29.2 Å². The molecule has 1 saturated heterocycles. The minimum Gasteiger partial charge on any atom is -0.299 e. The predicted octanol–water partition coefficient (Wildman–Crippen LogP) is 3.13. The number of hydrogen-bond donors (Lipinski definition) is 0. The van der Waals surface area contributed by atoms with Crippen LogP contribution in [0.25, 0.3) is 0 Å². The summed E-state index contributed by atoms with van der Waals surface area (Å²) in [5.41, 5.74) is 2.52. The third-order valence-electron chi connectivity index (χ3n) is 3.48. The molecule has 0 aromatic heterocycles. The highest BCUT2D eigenvalue weighted by molar-refractivity contribution is 5.29. The van der Waals surface area contributed by atoms with Crippen LogP contribution in [-0.4, -0.2) is 18.0 Å². The minimum absolute atomic E-state index is 0.532. The molecule has 0 amide bonds. The zero-order chi connectivity index (χ0) is 11.9. The van der Waals surface area contributed by atoms with Crippen LogP contribution >= 0.6 is 0 Å². The summed E-state index contributed by atoms with van der Waals surface area (Å²) < 4.78 is 0. The van der Waals surface area contributed by atoms with Crippen molar-refractivity contribution in [2.24, 2.45) is 0 Å². The second-order valence-corrected chi connectivity index (χ2v) is 4.79. The van der Waals surface area contributed by atoms with Crippen molar-refractivity contribution in [1.82, 2.24) is 4.90 Å². The Kier molecular flexibility index (Phi) is 4.58. The lowest BCUT2D eigenvalue weighted by molar-refractivity contribution is 0.276. The fourth-order valence-corrected chi connectivity index (χ4v) is 2.50. The first-order valence-electron chi connectivity index (χ1n) is 6.56. The maximum atomic E-state index is 8.83. The van der Waals surface area contributed by atoms with Gasteiger partial charge in [-0.05, 0) is 37.1 Å². The highest BCUT2D eigenvalue weighted by Crippen LogP contribution is 2.16. The molecule has 2 rings (SSSR count). The fraction of sp³-hybridized carbons (Fsp3) is 0.533. The molecule has 0 aliphatic carbocycles. The summed E-state index contributed by atoms with van der Waals surface area (Å²) in [6.07, 6.45) is 5.91. The van der Waals surface area contributed by atoms with Gasteiger partial charge in [0.1, 0.15) is 0 Å². The fourth-order valence-electron chi connectivity index (χ4n) is 2.50. The van der Waals surface area contributed by atoms with Gasteiger partial charge < -0.3 is 0 Å². The van der Waals surface area contributed by atoms with Gasteiger partial charge in [-0.25, -0.2) is 0 Å². The van der Waals surface area contributed by atoms with Crippen LogP contribution in [0.2, 0.25) is 0 Å². The summed E-state index contributed by atoms with van der Waals surface area (Å²) in [7, 11) is 0. The molecule has 1 aliphatic heterocycles. The van der Waals surface area contributed by atoms with Crippen molar-refractivity contribution in [2.75, 3.05) is 13.1 Å². The average Bonchev–Trinajstić information content (AvgIpc) is 2.61.